The molecule has 1 aromatic heterocycles. The normalized spacial score (nSPS) is 17.9. The highest BCUT2D eigenvalue weighted by molar-refractivity contribution is 7.89. The molecule has 112 valence electrons. The van der Waals surface area contributed by atoms with Crippen molar-refractivity contribution in [3.63, 3.8) is 0 Å². The molecule has 0 amide bonds. The molecule has 2 aromatic rings. The topological polar surface area (TPSA) is 101 Å². The number of nitrogens with two attached hydrogens (primary N) is 1. The number of nitrogens with zero attached hydrogens (tertiary/aromatic N) is 1. The molecule has 0 spiro atoms. The number of nitrogen functional groups attached to an aromatic ring is 1. The lowest BCUT2D eigenvalue weighted by Crippen LogP contribution is -2.28. The summed E-state index contributed by atoms with van der Waals surface area (Å²) in [5.41, 5.74) is 9.63. The second-order valence-corrected chi connectivity index (χ2v) is 7.08. The van der Waals surface area contributed by atoms with E-state index in [2.05, 4.69) is 14.9 Å². The summed E-state index contributed by atoms with van der Waals surface area (Å²) in [4.78, 5) is 0.242. The van der Waals surface area contributed by atoms with Crippen LogP contribution in [0.25, 0.3) is 0 Å². The van der Waals surface area contributed by atoms with E-state index in [0.717, 1.165) is 24.0 Å². The molecule has 0 bridgehead atoms. The molecule has 4 N–H and O–H groups in total. The summed E-state index contributed by atoms with van der Waals surface area (Å²) < 4.78 is 27.9. The fourth-order valence-electron chi connectivity index (χ4n) is 2.94. The Labute approximate surface area is 123 Å². The summed E-state index contributed by atoms with van der Waals surface area (Å²) in [5.74, 6) is 0. The molecule has 0 saturated heterocycles. The lowest BCUT2D eigenvalue weighted by atomic mass is 10.1. The maximum absolute atomic E-state index is 12.6. The molecule has 3 rings (SSSR count). The number of sulfonamides is 1. The Bertz CT molecular complexity index is 776. The van der Waals surface area contributed by atoms with Crippen molar-refractivity contribution < 1.29 is 8.42 Å². The summed E-state index contributed by atoms with van der Waals surface area (Å²) in [5, 5.41) is 6.66. The van der Waals surface area contributed by atoms with Gasteiger partial charge in [0.1, 0.15) is 4.90 Å². The van der Waals surface area contributed by atoms with E-state index in [1.165, 1.54) is 0 Å². The van der Waals surface area contributed by atoms with Crippen molar-refractivity contribution in [2.45, 2.75) is 37.6 Å². The van der Waals surface area contributed by atoms with E-state index in [9.17, 15) is 8.42 Å². The highest BCUT2D eigenvalue weighted by Crippen LogP contribution is 2.33. The van der Waals surface area contributed by atoms with Gasteiger partial charge >= 0.3 is 0 Å². The maximum Gasteiger partial charge on any atom is 0.244 e. The predicted molar refractivity (Wildman–Crippen MR) is 80.3 cm³/mol. The number of aromatic nitrogens is 2. The van der Waals surface area contributed by atoms with Gasteiger partial charge in [0.25, 0.3) is 0 Å². The number of hydrogen-bond acceptors (Lipinski definition) is 4. The van der Waals surface area contributed by atoms with Crippen molar-refractivity contribution >= 4 is 15.7 Å². The number of hydrogen-bond donors (Lipinski definition) is 3. The van der Waals surface area contributed by atoms with Crippen molar-refractivity contribution in [1.82, 2.24) is 14.9 Å². The van der Waals surface area contributed by atoms with E-state index in [4.69, 9.17) is 5.73 Å². The van der Waals surface area contributed by atoms with Gasteiger partial charge in [-0.05, 0) is 49.9 Å². The zero-order valence-electron chi connectivity index (χ0n) is 12.0. The highest BCUT2D eigenvalue weighted by Gasteiger charge is 2.30. The van der Waals surface area contributed by atoms with Gasteiger partial charge in [-0.3, -0.25) is 5.10 Å². The lowest BCUT2D eigenvalue weighted by molar-refractivity contribution is 0.553. The number of H-pyrrole nitrogens is 1. The quantitative estimate of drug-likeness (QED) is 0.749. The Hall–Kier alpha value is -1.86. The molecular weight excluding hydrogens is 288 g/mol. The number of rotatable bonds is 3. The maximum atomic E-state index is 12.6. The monoisotopic (exact) mass is 306 g/mol. The Morgan fingerprint density at radius 2 is 2.14 bits per heavy atom. The van der Waals surface area contributed by atoms with Crippen molar-refractivity contribution in [1.29, 1.82) is 0 Å². The third kappa shape index (κ3) is 2.43. The van der Waals surface area contributed by atoms with Crippen LogP contribution in [0.2, 0.25) is 0 Å². The van der Waals surface area contributed by atoms with Gasteiger partial charge in [-0.15, -0.1) is 0 Å². The molecule has 1 atom stereocenters. The van der Waals surface area contributed by atoms with Gasteiger partial charge in [0.2, 0.25) is 10.0 Å². The molecule has 1 heterocycles. The number of anilines is 1. The van der Waals surface area contributed by atoms with Crippen molar-refractivity contribution in [3.8, 4) is 0 Å². The largest absolute Gasteiger partial charge is 0.399 e. The Morgan fingerprint density at radius 3 is 2.81 bits per heavy atom. The van der Waals surface area contributed by atoms with Crippen molar-refractivity contribution in [2.24, 2.45) is 0 Å². The molecule has 1 aromatic carbocycles. The lowest BCUT2D eigenvalue weighted by Gasteiger charge is -2.14. The van der Waals surface area contributed by atoms with Gasteiger partial charge in [-0.2, -0.15) is 5.10 Å². The van der Waals surface area contributed by atoms with Crippen LogP contribution in [-0.2, 0) is 16.4 Å². The predicted octanol–water partition coefficient (Wildman–Crippen LogP) is 1.57. The molecule has 1 aliphatic rings. The van der Waals surface area contributed by atoms with Crippen LogP contribution in [0.5, 0.6) is 0 Å². The number of aryl methyl sites for hydroxylation is 3. The molecule has 1 aliphatic carbocycles. The van der Waals surface area contributed by atoms with Crippen LogP contribution >= 0.6 is 0 Å². The molecule has 0 radical (unpaired) electrons. The molecule has 7 heteroatoms. The first kappa shape index (κ1) is 14.1. The molecule has 1 unspecified atom stereocenters. The van der Waals surface area contributed by atoms with Gasteiger partial charge in [0.15, 0.2) is 0 Å². The Morgan fingerprint density at radius 1 is 1.38 bits per heavy atom. The van der Waals surface area contributed by atoms with Crippen molar-refractivity contribution in [2.75, 3.05) is 5.73 Å². The van der Waals surface area contributed by atoms with E-state index in [1.54, 1.807) is 19.9 Å². The number of benzene rings is 1. The molecule has 21 heavy (non-hydrogen) atoms. The number of nitrogens with one attached hydrogen (secondary N) is 2. The molecule has 0 aliphatic heterocycles. The molecular formula is C14H18N4O2S. The summed E-state index contributed by atoms with van der Waals surface area (Å²) in [7, 11) is -3.59. The fourth-order valence-corrected chi connectivity index (χ4v) is 4.56. The van der Waals surface area contributed by atoms with Crippen LogP contribution in [-0.4, -0.2) is 18.6 Å². The van der Waals surface area contributed by atoms with E-state index in [0.29, 0.717) is 17.1 Å². The van der Waals surface area contributed by atoms with Gasteiger partial charge < -0.3 is 5.73 Å². The SMILES string of the molecule is Cc1n[nH]c(C)c1S(=O)(=O)NC1CCc2cc(N)ccc21. The smallest absolute Gasteiger partial charge is 0.244 e. The van der Waals surface area contributed by atoms with Gasteiger partial charge in [-0.1, -0.05) is 6.07 Å². The average molecular weight is 306 g/mol. The highest BCUT2D eigenvalue weighted by atomic mass is 32.2. The van der Waals surface area contributed by atoms with Crippen LogP contribution in [0.15, 0.2) is 23.1 Å². The fraction of sp³-hybridized carbons (Fsp3) is 0.357. The zero-order chi connectivity index (χ0) is 15.2. The van der Waals surface area contributed by atoms with Crippen LogP contribution in [0.4, 0.5) is 5.69 Å². The van der Waals surface area contributed by atoms with Gasteiger partial charge in [-0.25, -0.2) is 13.1 Å². The summed E-state index contributed by atoms with van der Waals surface area (Å²) in [6.45, 7) is 3.39. The van der Waals surface area contributed by atoms with Crippen LogP contribution < -0.4 is 10.5 Å². The van der Waals surface area contributed by atoms with Crippen LogP contribution in [0, 0.1) is 13.8 Å². The Balaban J connectivity index is 1.92. The third-order valence-electron chi connectivity index (χ3n) is 3.87. The second kappa shape index (κ2) is 4.85. The van der Waals surface area contributed by atoms with E-state index in [1.807, 2.05) is 12.1 Å². The summed E-state index contributed by atoms with van der Waals surface area (Å²) in [6, 6.07) is 5.41. The Kier molecular flexibility index (Phi) is 3.26. The molecule has 0 fully saturated rings. The van der Waals surface area contributed by atoms with Gasteiger partial charge in [0.05, 0.1) is 11.4 Å². The van der Waals surface area contributed by atoms with E-state index < -0.39 is 10.0 Å². The standard InChI is InChI=1S/C14H18N4O2S/c1-8-14(9(2)17-16-8)21(19,20)18-13-6-3-10-7-11(15)4-5-12(10)13/h4-5,7,13,18H,3,6,15H2,1-2H3,(H,16,17). The minimum absolute atomic E-state index is 0.209. The minimum Gasteiger partial charge on any atom is -0.399 e. The number of fused-ring (bicyclic) bond motifs is 1. The van der Waals surface area contributed by atoms with Crippen molar-refractivity contribution in [3.05, 3.63) is 40.7 Å². The first-order chi connectivity index (χ1) is 9.88. The average Bonchev–Trinajstić information content (AvgIpc) is 2.93. The van der Waals surface area contributed by atoms with Crippen LogP contribution in [0.3, 0.4) is 0 Å². The van der Waals surface area contributed by atoms with Crippen LogP contribution in [0.1, 0.15) is 35.0 Å². The summed E-state index contributed by atoms with van der Waals surface area (Å²) in [6.07, 6.45) is 1.57. The minimum atomic E-state index is -3.59. The first-order valence-corrected chi connectivity index (χ1v) is 8.29. The van der Waals surface area contributed by atoms with E-state index in [-0.39, 0.29) is 10.9 Å². The second-order valence-electron chi connectivity index (χ2n) is 5.43. The van der Waals surface area contributed by atoms with Gasteiger partial charge in [0, 0.05) is 11.7 Å². The third-order valence-corrected chi connectivity index (χ3v) is 5.61. The number of aromatic amines is 1. The van der Waals surface area contributed by atoms with E-state index >= 15 is 0 Å². The molecule has 6 nitrogen and oxygen atoms in total. The zero-order valence-corrected chi connectivity index (χ0v) is 12.8. The first-order valence-electron chi connectivity index (χ1n) is 6.80. The summed E-state index contributed by atoms with van der Waals surface area (Å²) >= 11 is 0. The molecule has 0 saturated carbocycles.